The number of phenols is 1. The molecular formula is C16H17NO5. The molecule has 22 heavy (non-hydrogen) atoms. The summed E-state index contributed by atoms with van der Waals surface area (Å²) in [6.07, 6.45) is 5.25. The summed E-state index contributed by atoms with van der Waals surface area (Å²) in [5, 5.41) is 34.4. The Kier molecular flexibility index (Phi) is 6.64. The van der Waals surface area contributed by atoms with E-state index in [9.17, 15) is 9.59 Å². The first-order chi connectivity index (χ1) is 10.4. The molecule has 0 radical (unpaired) electrons. The zero-order chi connectivity index (χ0) is 16.5. The predicted molar refractivity (Wildman–Crippen MR) is 78.9 cm³/mol. The number of carbonyl (C=O) groups is 2. The van der Waals surface area contributed by atoms with Gasteiger partial charge in [-0.15, -0.1) is 0 Å². The first kappa shape index (κ1) is 17.2. The molecule has 0 spiro atoms. The topological polar surface area (TPSA) is 119 Å². The van der Waals surface area contributed by atoms with Gasteiger partial charge in [-0.05, 0) is 36.6 Å². The molecule has 0 saturated heterocycles. The van der Waals surface area contributed by atoms with Gasteiger partial charge in [0.1, 0.15) is 17.4 Å². The van der Waals surface area contributed by atoms with Gasteiger partial charge < -0.3 is 15.3 Å². The number of aliphatic carboxylic acids is 2. The number of aromatic hydroxyl groups is 1. The third-order valence-corrected chi connectivity index (χ3v) is 3.26. The zero-order valence-electron chi connectivity index (χ0n) is 11.9. The highest BCUT2D eigenvalue weighted by Crippen LogP contribution is 2.24. The number of phenolic OH excluding ortho intramolecular Hbond substituents is 1. The van der Waals surface area contributed by atoms with E-state index in [2.05, 4.69) is 0 Å². The first-order valence-corrected chi connectivity index (χ1v) is 6.81. The fraction of sp³-hybridized carbons (Fsp3) is 0.312. The van der Waals surface area contributed by atoms with Gasteiger partial charge >= 0.3 is 11.9 Å². The molecule has 1 aliphatic rings. The van der Waals surface area contributed by atoms with Crippen LogP contribution in [0.25, 0.3) is 6.08 Å². The van der Waals surface area contributed by atoms with Crippen LogP contribution in [-0.4, -0.2) is 27.3 Å². The number of hydrogen-bond donors (Lipinski definition) is 3. The molecule has 0 aromatic heterocycles. The molecule has 0 aliphatic heterocycles. The lowest BCUT2D eigenvalue weighted by molar-refractivity contribution is -0.141. The van der Waals surface area contributed by atoms with Crippen molar-refractivity contribution >= 4 is 18.0 Å². The van der Waals surface area contributed by atoms with Crippen molar-refractivity contribution in [3.63, 3.8) is 0 Å². The number of benzene rings is 1. The van der Waals surface area contributed by atoms with E-state index < -0.39 is 11.9 Å². The molecule has 0 amide bonds. The Morgan fingerprint density at radius 3 is 2.05 bits per heavy atom. The maximum Gasteiger partial charge on any atom is 0.346 e. The van der Waals surface area contributed by atoms with Crippen LogP contribution >= 0.6 is 0 Å². The number of carboxylic acids is 2. The monoisotopic (exact) mass is 303 g/mol. The number of rotatable bonds is 3. The summed E-state index contributed by atoms with van der Waals surface area (Å²) in [7, 11) is 0. The molecule has 1 fully saturated rings. The maximum absolute atomic E-state index is 10.5. The molecule has 1 saturated carbocycles. The summed E-state index contributed by atoms with van der Waals surface area (Å²) >= 11 is 0. The third kappa shape index (κ3) is 5.67. The van der Waals surface area contributed by atoms with Gasteiger partial charge in [0.05, 0.1) is 5.92 Å². The number of nitrogens with zero attached hydrogens (tertiary/aromatic N) is 1. The molecule has 6 heteroatoms. The van der Waals surface area contributed by atoms with Crippen molar-refractivity contribution < 1.29 is 24.9 Å². The fourth-order valence-electron chi connectivity index (χ4n) is 2.05. The summed E-state index contributed by atoms with van der Waals surface area (Å²) in [4.78, 5) is 20.7. The van der Waals surface area contributed by atoms with Gasteiger partial charge in [-0.1, -0.05) is 25.0 Å². The van der Waals surface area contributed by atoms with E-state index >= 15 is 0 Å². The predicted octanol–water partition coefficient (Wildman–Crippen LogP) is 2.64. The van der Waals surface area contributed by atoms with Gasteiger partial charge in [0.25, 0.3) is 0 Å². The molecule has 1 aliphatic carbocycles. The third-order valence-electron chi connectivity index (χ3n) is 3.26. The number of hydrogen-bond acceptors (Lipinski definition) is 4. The molecule has 3 N–H and O–H groups in total. The first-order valence-electron chi connectivity index (χ1n) is 6.81. The van der Waals surface area contributed by atoms with Crippen LogP contribution in [0.5, 0.6) is 5.75 Å². The van der Waals surface area contributed by atoms with E-state index in [4.69, 9.17) is 20.6 Å². The van der Waals surface area contributed by atoms with E-state index in [1.807, 2.05) is 0 Å². The average Bonchev–Trinajstić information content (AvgIpc) is 3.01. The van der Waals surface area contributed by atoms with Gasteiger partial charge in [0.15, 0.2) is 0 Å². The van der Waals surface area contributed by atoms with Gasteiger partial charge in [0, 0.05) is 0 Å². The van der Waals surface area contributed by atoms with Crippen molar-refractivity contribution in [1.29, 1.82) is 5.26 Å². The van der Waals surface area contributed by atoms with Gasteiger partial charge in [0.2, 0.25) is 0 Å². The Morgan fingerprint density at radius 2 is 1.68 bits per heavy atom. The van der Waals surface area contributed by atoms with Crippen LogP contribution in [0.3, 0.4) is 0 Å². The molecular weight excluding hydrogens is 286 g/mol. The molecule has 0 unspecified atom stereocenters. The molecule has 0 heterocycles. The van der Waals surface area contributed by atoms with Crippen molar-refractivity contribution in [2.45, 2.75) is 25.7 Å². The van der Waals surface area contributed by atoms with Crippen molar-refractivity contribution in [3.8, 4) is 11.8 Å². The SMILES string of the molecule is N#CC(=Cc1ccc(O)cc1)C(=O)O.O=C(O)C1CCCC1. The van der Waals surface area contributed by atoms with E-state index in [0.717, 1.165) is 25.7 Å². The lowest BCUT2D eigenvalue weighted by Crippen LogP contribution is -2.07. The fourth-order valence-corrected chi connectivity index (χ4v) is 2.05. The summed E-state index contributed by atoms with van der Waals surface area (Å²) < 4.78 is 0. The second-order valence-corrected chi connectivity index (χ2v) is 4.89. The molecule has 6 nitrogen and oxygen atoms in total. The minimum Gasteiger partial charge on any atom is -0.508 e. The molecule has 0 bridgehead atoms. The summed E-state index contributed by atoms with van der Waals surface area (Å²) in [5.41, 5.74) is 0.220. The lowest BCUT2D eigenvalue weighted by Gasteiger charge is -1.97. The average molecular weight is 303 g/mol. The smallest absolute Gasteiger partial charge is 0.346 e. The van der Waals surface area contributed by atoms with Crippen LogP contribution in [0.2, 0.25) is 0 Å². The second kappa shape index (κ2) is 8.47. The molecule has 1 aromatic carbocycles. The Hall–Kier alpha value is -2.81. The van der Waals surface area contributed by atoms with E-state index in [1.54, 1.807) is 6.07 Å². The summed E-state index contributed by atoms with van der Waals surface area (Å²) in [6.45, 7) is 0. The van der Waals surface area contributed by atoms with Crippen molar-refractivity contribution in [2.75, 3.05) is 0 Å². The molecule has 2 rings (SSSR count). The maximum atomic E-state index is 10.5. The Balaban J connectivity index is 0.000000255. The standard InChI is InChI=1S/C10H7NO3.C6H10O2/c11-6-8(10(13)14)5-7-1-3-9(12)4-2-7;7-6(8)5-3-1-2-4-5/h1-5,12H,(H,13,14);5H,1-4H2,(H,7,8). The minimum atomic E-state index is -1.26. The van der Waals surface area contributed by atoms with Crippen LogP contribution in [-0.2, 0) is 9.59 Å². The Labute approximate surface area is 127 Å². The lowest BCUT2D eigenvalue weighted by atomic mass is 10.1. The number of carboxylic acid groups (broad SMARTS) is 2. The van der Waals surface area contributed by atoms with E-state index in [-0.39, 0.29) is 17.2 Å². The molecule has 1 aromatic rings. The van der Waals surface area contributed by atoms with Gasteiger partial charge in [-0.2, -0.15) is 5.26 Å². The summed E-state index contributed by atoms with van der Waals surface area (Å²) in [5.74, 6) is -1.80. The zero-order valence-corrected chi connectivity index (χ0v) is 11.9. The van der Waals surface area contributed by atoms with Crippen molar-refractivity contribution in [3.05, 3.63) is 35.4 Å². The second-order valence-electron chi connectivity index (χ2n) is 4.89. The van der Waals surface area contributed by atoms with Gasteiger partial charge in [-0.3, -0.25) is 4.79 Å². The van der Waals surface area contributed by atoms with E-state index in [0.29, 0.717) is 5.56 Å². The molecule has 0 atom stereocenters. The van der Waals surface area contributed by atoms with Crippen LogP contribution in [0.15, 0.2) is 29.8 Å². The Morgan fingerprint density at radius 1 is 1.14 bits per heavy atom. The summed E-state index contributed by atoms with van der Waals surface area (Å²) in [6, 6.07) is 7.45. The van der Waals surface area contributed by atoms with Crippen LogP contribution < -0.4 is 0 Å². The Bertz CT molecular complexity index is 592. The van der Waals surface area contributed by atoms with Crippen LogP contribution in [0, 0.1) is 17.2 Å². The molecule has 116 valence electrons. The minimum absolute atomic E-state index is 0.0185. The quantitative estimate of drug-likeness (QED) is 0.583. The van der Waals surface area contributed by atoms with Gasteiger partial charge in [-0.25, -0.2) is 4.79 Å². The normalized spacial score (nSPS) is 14.6. The van der Waals surface area contributed by atoms with Crippen LogP contribution in [0.4, 0.5) is 0 Å². The number of nitriles is 1. The highest BCUT2D eigenvalue weighted by Gasteiger charge is 2.21. The van der Waals surface area contributed by atoms with Crippen molar-refractivity contribution in [1.82, 2.24) is 0 Å². The van der Waals surface area contributed by atoms with Crippen molar-refractivity contribution in [2.24, 2.45) is 5.92 Å². The van der Waals surface area contributed by atoms with E-state index in [1.165, 1.54) is 30.3 Å². The van der Waals surface area contributed by atoms with Crippen LogP contribution in [0.1, 0.15) is 31.2 Å². The highest BCUT2D eigenvalue weighted by molar-refractivity contribution is 5.96. The largest absolute Gasteiger partial charge is 0.508 e. The highest BCUT2D eigenvalue weighted by atomic mass is 16.4.